The van der Waals surface area contributed by atoms with Gasteiger partial charge in [0.05, 0.1) is 12.3 Å². The summed E-state index contributed by atoms with van der Waals surface area (Å²) in [6, 6.07) is 7.36. The van der Waals surface area contributed by atoms with Gasteiger partial charge in [0.1, 0.15) is 5.75 Å². The Morgan fingerprint density at radius 3 is 2.87 bits per heavy atom. The lowest BCUT2D eigenvalue weighted by molar-refractivity contribution is 0.308. The van der Waals surface area contributed by atoms with Gasteiger partial charge in [-0.2, -0.15) is 0 Å². The normalized spacial score (nSPS) is 9.67. The Bertz CT molecular complexity index is 299. The van der Waals surface area contributed by atoms with Crippen molar-refractivity contribution in [3.8, 4) is 5.75 Å². The number of amides is 1. The van der Waals surface area contributed by atoms with Gasteiger partial charge in [-0.3, -0.25) is 4.79 Å². The number of ether oxygens (including phenoxy) is 1. The molecule has 3 nitrogen and oxygen atoms in total. The van der Waals surface area contributed by atoms with Crippen molar-refractivity contribution in [2.75, 3.05) is 11.9 Å². The third-order valence-electron chi connectivity index (χ3n) is 2.08. The third kappa shape index (κ3) is 4.02. The zero-order valence-corrected chi connectivity index (χ0v) is 8.95. The first-order valence-corrected chi connectivity index (χ1v) is 5.23. The lowest BCUT2D eigenvalue weighted by atomic mass is 10.2. The van der Waals surface area contributed by atoms with E-state index in [9.17, 15) is 4.79 Å². The van der Waals surface area contributed by atoms with E-state index in [2.05, 4.69) is 12.2 Å². The van der Waals surface area contributed by atoms with Gasteiger partial charge in [0.2, 0.25) is 0 Å². The van der Waals surface area contributed by atoms with Crippen LogP contribution in [0.3, 0.4) is 0 Å². The molecule has 1 radical (unpaired) electrons. The molecule has 0 saturated carbocycles. The number of anilines is 1. The number of nitrogens with one attached hydrogen (secondary N) is 1. The van der Waals surface area contributed by atoms with Crippen molar-refractivity contribution in [3.05, 3.63) is 24.3 Å². The molecule has 0 bridgehead atoms. The van der Waals surface area contributed by atoms with E-state index in [1.165, 1.54) is 6.42 Å². The van der Waals surface area contributed by atoms with Crippen LogP contribution in [0.5, 0.6) is 5.75 Å². The minimum Gasteiger partial charge on any atom is -0.491 e. The molecule has 1 aromatic carbocycles. The summed E-state index contributed by atoms with van der Waals surface area (Å²) in [5.74, 6) is 0.706. The molecule has 1 N–H and O–H groups in total. The number of carbonyl (C=O) groups excluding carboxylic acids is 1. The van der Waals surface area contributed by atoms with Gasteiger partial charge < -0.3 is 10.1 Å². The van der Waals surface area contributed by atoms with Crippen molar-refractivity contribution < 1.29 is 9.53 Å². The van der Waals surface area contributed by atoms with E-state index in [4.69, 9.17) is 4.74 Å². The first-order valence-electron chi connectivity index (χ1n) is 5.23. The maximum absolute atomic E-state index is 10.2. The van der Waals surface area contributed by atoms with Crippen LogP contribution in [0.1, 0.15) is 26.2 Å². The van der Waals surface area contributed by atoms with Gasteiger partial charge in [-0.15, -0.1) is 0 Å². The standard InChI is InChI=1S/C12H16NO2/c1-2-3-6-9-15-12-8-5-4-7-11(12)13-10-14/h4-5,7-8H,2-3,6,9H2,1H3,(H,13,14). The lowest BCUT2D eigenvalue weighted by Crippen LogP contribution is -2.01. The van der Waals surface area contributed by atoms with Crippen LogP contribution >= 0.6 is 0 Å². The smallest absolute Gasteiger partial charge is 0.314 e. The molecule has 0 aromatic heterocycles. The van der Waals surface area contributed by atoms with Crippen molar-refractivity contribution in [2.24, 2.45) is 0 Å². The van der Waals surface area contributed by atoms with E-state index in [1.807, 2.05) is 18.2 Å². The molecule has 0 aliphatic carbocycles. The van der Waals surface area contributed by atoms with Gasteiger partial charge >= 0.3 is 6.41 Å². The van der Waals surface area contributed by atoms with Crippen LogP contribution in [0.2, 0.25) is 0 Å². The van der Waals surface area contributed by atoms with Crippen molar-refractivity contribution >= 4 is 12.1 Å². The highest BCUT2D eigenvalue weighted by molar-refractivity contribution is 5.75. The highest BCUT2D eigenvalue weighted by Crippen LogP contribution is 2.23. The predicted molar refractivity (Wildman–Crippen MR) is 60.8 cm³/mol. The van der Waals surface area contributed by atoms with E-state index >= 15 is 0 Å². The van der Waals surface area contributed by atoms with E-state index in [0.717, 1.165) is 12.8 Å². The maximum Gasteiger partial charge on any atom is 0.314 e. The summed E-state index contributed by atoms with van der Waals surface area (Å²) >= 11 is 0. The molecule has 0 unspecified atom stereocenters. The fourth-order valence-electron chi connectivity index (χ4n) is 1.28. The van der Waals surface area contributed by atoms with Gasteiger partial charge in [-0.1, -0.05) is 31.9 Å². The van der Waals surface area contributed by atoms with Crippen LogP contribution < -0.4 is 10.1 Å². The van der Waals surface area contributed by atoms with Crippen LogP contribution in [0, 0.1) is 0 Å². The number of hydrogen-bond donors (Lipinski definition) is 1. The molecule has 81 valence electrons. The van der Waals surface area contributed by atoms with E-state index in [1.54, 1.807) is 12.5 Å². The predicted octanol–water partition coefficient (Wildman–Crippen LogP) is 2.73. The molecule has 0 heterocycles. The van der Waals surface area contributed by atoms with E-state index in [0.29, 0.717) is 18.0 Å². The average molecular weight is 206 g/mol. The molecule has 1 amide bonds. The zero-order valence-electron chi connectivity index (χ0n) is 8.95. The largest absolute Gasteiger partial charge is 0.491 e. The number of rotatable bonds is 7. The molecule has 1 aromatic rings. The van der Waals surface area contributed by atoms with Crippen molar-refractivity contribution in [2.45, 2.75) is 26.2 Å². The SMILES string of the molecule is CCCCCOc1ccccc1N[C]=O. The molecule has 0 fully saturated rings. The summed E-state index contributed by atoms with van der Waals surface area (Å²) in [5, 5.41) is 2.49. The van der Waals surface area contributed by atoms with Gasteiger partial charge in [-0.25, -0.2) is 0 Å². The van der Waals surface area contributed by atoms with Crippen LogP contribution in [0.4, 0.5) is 5.69 Å². The van der Waals surface area contributed by atoms with Crippen molar-refractivity contribution in [3.63, 3.8) is 0 Å². The monoisotopic (exact) mass is 206 g/mol. The second kappa shape index (κ2) is 6.87. The molecule has 0 aliphatic heterocycles. The molecule has 1 rings (SSSR count). The molecule has 0 saturated heterocycles. The Hall–Kier alpha value is -1.51. The number of benzene rings is 1. The Labute approximate surface area is 90.4 Å². The van der Waals surface area contributed by atoms with E-state index < -0.39 is 0 Å². The topological polar surface area (TPSA) is 38.3 Å². The van der Waals surface area contributed by atoms with Gasteiger partial charge in [-0.05, 0) is 18.6 Å². The lowest BCUT2D eigenvalue weighted by Gasteiger charge is -2.09. The Morgan fingerprint density at radius 2 is 2.13 bits per heavy atom. The maximum atomic E-state index is 10.2. The number of hydrogen-bond acceptors (Lipinski definition) is 2. The summed E-state index contributed by atoms with van der Waals surface area (Å²) in [6.45, 7) is 2.84. The third-order valence-corrected chi connectivity index (χ3v) is 2.08. The molecular weight excluding hydrogens is 190 g/mol. The van der Waals surface area contributed by atoms with Crippen LogP contribution in [0.15, 0.2) is 24.3 Å². The quantitative estimate of drug-likeness (QED) is 0.550. The van der Waals surface area contributed by atoms with Crippen LogP contribution in [0.25, 0.3) is 0 Å². The van der Waals surface area contributed by atoms with Gasteiger partial charge in [0, 0.05) is 0 Å². The van der Waals surface area contributed by atoms with Crippen LogP contribution in [-0.4, -0.2) is 13.0 Å². The second-order valence-corrected chi connectivity index (χ2v) is 3.28. The van der Waals surface area contributed by atoms with Gasteiger partial charge in [0.15, 0.2) is 0 Å². The summed E-state index contributed by atoms with van der Waals surface area (Å²) < 4.78 is 5.55. The second-order valence-electron chi connectivity index (χ2n) is 3.28. The molecule has 15 heavy (non-hydrogen) atoms. The van der Waals surface area contributed by atoms with E-state index in [-0.39, 0.29) is 0 Å². The van der Waals surface area contributed by atoms with Crippen molar-refractivity contribution in [1.29, 1.82) is 0 Å². The fourth-order valence-corrected chi connectivity index (χ4v) is 1.28. The number of unbranched alkanes of at least 4 members (excludes halogenated alkanes) is 2. The van der Waals surface area contributed by atoms with Crippen LogP contribution in [-0.2, 0) is 4.79 Å². The highest BCUT2D eigenvalue weighted by Gasteiger charge is 2.00. The Balaban J connectivity index is 2.47. The summed E-state index contributed by atoms with van der Waals surface area (Å²) in [7, 11) is 0. The molecule has 0 atom stereocenters. The van der Waals surface area contributed by atoms with Crippen molar-refractivity contribution in [1.82, 2.24) is 0 Å². The first kappa shape index (κ1) is 11.6. The van der Waals surface area contributed by atoms with Gasteiger partial charge in [0.25, 0.3) is 0 Å². The highest BCUT2D eigenvalue weighted by atomic mass is 16.5. The molecule has 0 spiro atoms. The summed E-state index contributed by atoms with van der Waals surface area (Å²) in [5.41, 5.74) is 0.670. The summed E-state index contributed by atoms with van der Waals surface area (Å²) in [6.07, 6.45) is 5.02. The first-order chi connectivity index (χ1) is 7.38. The minimum atomic E-state index is 0.670. The summed E-state index contributed by atoms with van der Waals surface area (Å²) in [4.78, 5) is 10.2. The Morgan fingerprint density at radius 1 is 1.33 bits per heavy atom. The molecular formula is C12H16NO2. The fraction of sp³-hybridized carbons (Fsp3) is 0.417. The molecule has 0 aliphatic rings. The molecule has 3 heteroatoms. The number of para-hydroxylation sites is 2. The zero-order chi connectivity index (χ0) is 10.9. The minimum absolute atomic E-state index is 0.670. The average Bonchev–Trinajstić information content (AvgIpc) is 2.27. The Kier molecular flexibility index (Phi) is 5.30.